The van der Waals surface area contributed by atoms with Crippen LogP contribution in [0, 0.1) is 6.92 Å². The lowest BCUT2D eigenvalue weighted by atomic mass is 10.1. The van der Waals surface area contributed by atoms with E-state index in [1.54, 1.807) is 17.5 Å². The van der Waals surface area contributed by atoms with Crippen LogP contribution in [-0.2, 0) is 17.4 Å². The first-order chi connectivity index (χ1) is 14.2. The van der Waals surface area contributed by atoms with Crippen molar-refractivity contribution in [3.63, 3.8) is 0 Å². The number of urea groups is 1. The van der Waals surface area contributed by atoms with E-state index in [0.717, 1.165) is 23.0 Å². The van der Waals surface area contributed by atoms with Crippen LogP contribution < -0.4 is 16.0 Å². The van der Waals surface area contributed by atoms with E-state index in [1.807, 2.05) is 19.1 Å². The summed E-state index contributed by atoms with van der Waals surface area (Å²) in [5, 5.41) is 9.28. The number of benzene rings is 2. The fourth-order valence-electron chi connectivity index (χ4n) is 2.54. The summed E-state index contributed by atoms with van der Waals surface area (Å²) >= 11 is 1.10. The van der Waals surface area contributed by atoms with E-state index in [0.29, 0.717) is 11.4 Å². The average Bonchev–Trinajstić information content (AvgIpc) is 3.09. The van der Waals surface area contributed by atoms with Gasteiger partial charge in [-0.3, -0.25) is 10.1 Å². The molecule has 3 aromatic rings. The molecule has 0 fully saturated rings. The Labute approximate surface area is 174 Å². The lowest BCUT2D eigenvalue weighted by Crippen LogP contribution is -2.20. The molecule has 0 aliphatic heterocycles. The lowest BCUT2D eigenvalue weighted by molar-refractivity contribution is -0.137. The molecular weight excluding hydrogens is 417 g/mol. The quantitative estimate of drug-likeness (QED) is 0.510. The molecule has 0 saturated carbocycles. The van der Waals surface area contributed by atoms with Gasteiger partial charge >= 0.3 is 12.2 Å². The Bertz CT molecular complexity index is 1050. The smallest absolute Gasteiger partial charge is 0.325 e. The van der Waals surface area contributed by atoms with Gasteiger partial charge in [-0.15, -0.1) is 11.3 Å². The zero-order chi connectivity index (χ0) is 21.7. The molecule has 156 valence electrons. The van der Waals surface area contributed by atoms with Crippen molar-refractivity contribution in [1.82, 2.24) is 4.98 Å². The highest BCUT2D eigenvalue weighted by atomic mass is 32.1. The molecule has 0 radical (unpaired) electrons. The van der Waals surface area contributed by atoms with Crippen LogP contribution in [-0.4, -0.2) is 16.9 Å². The molecule has 0 aliphatic rings. The number of amides is 3. The van der Waals surface area contributed by atoms with Crippen LogP contribution in [0.25, 0.3) is 0 Å². The average molecular weight is 434 g/mol. The Morgan fingerprint density at radius 2 is 1.70 bits per heavy atom. The molecule has 3 rings (SSSR count). The van der Waals surface area contributed by atoms with E-state index in [9.17, 15) is 22.8 Å². The van der Waals surface area contributed by atoms with Gasteiger partial charge in [0, 0.05) is 11.1 Å². The fourth-order valence-corrected chi connectivity index (χ4v) is 3.25. The van der Waals surface area contributed by atoms with Crippen molar-refractivity contribution >= 4 is 39.8 Å². The molecule has 0 saturated heterocycles. The maximum absolute atomic E-state index is 13.0. The fraction of sp³-hybridized carbons (Fsp3) is 0.150. The van der Waals surface area contributed by atoms with Crippen LogP contribution in [0.1, 0.15) is 16.8 Å². The predicted octanol–water partition coefficient (Wildman–Crippen LogP) is 5.30. The van der Waals surface area contributed by atoms with Gasteiger partial charge < -0.3 is 10.6 Å². The van der Waals surface area contributed by atoms with Gasteiger partial charge in [0.05, 0.1) is 23.4 Å². The van der Waals surface area contributed by atoms with Crippen LogP contribution in [0.15, 0.2) is 53.9 Å². The first-order valence-corrected chi connectivity index (χ1v) is 9.64. The SMILES string of the molecule is Cc1ccc(NC(=O)Nc2nc(CC(=O)Nc3ccccc3C(F)(F)F)cs2)cc1. The van der Waals surface area contributed by atoms with Crippen LogP contribution in [0.4, 0.5) is 34.5 Å². The summed E-state index contributed by atoms with van der Waals surface area (Å²) in [6, 6.07) is 11.5. The molecule has 3 amide bonds. The number of nitrogens with zero attached hydrogens (tertiary/aromatic N) is 1. The Morgan fingerprint density at radius 3 is 2.40 bits per heavy atom. The Kier molecular flexibility index (Phi) is 6.36. The van der Waals surface area contributed by atoms with Crippen LogP contribution in [0.5, 0.6) is 0 Å². The molecule has 0 bridgehead atoms. The van der Waals surface area contributed by atoms with Crippen molar-refractivity contribution in [3.8, 4) is 0 Å². The van der Waals surface area contributed by atoms with E-state index in [-0.39, 0.29) is 17.2 Å². The molecule has 0 aliphatic carbocycles. The number of hydrogen-bond donors (Lipinski definition) is 3. The number of carbonyl (C=O) groups is 2. The summed E-state index contributed by atoms with van der Waals surface area (Å²) in [5.41, 5.74) is 0.750. The van der Waals surface area contributed by atoms with Crippen molar-refractivity contribution in [2.45, 2.75) is 19.5 Å². The van der Waals surface area contributed by atoms with Crippen LogP contribution in [0.2, 0.25) is 0 Å². The standard InChI is InChI=1S/C20H17F3N4O2S/c1-12-6-8-13(9-7-12)24-18(29)27-19-25-14(11-30-19)10-17(28)26-16-5-3-2-4-15(16)20(21,22)23/h2-9,11H,10H2,1H3,(H,26,28)(H2,24,25,27,29). The molecule has 6 nitrogen and oxygen atoms in total. The Morgan fingerprint density at radius 1 is 1.00 bits per heavy atom. The summed E-state index contributed by atoms with van der Waals surface area (Å²) in [4.78, 5) is 28.3. The summed E-state index contributed by atoms with van der Waals surface area (Å²) < 4.78 is 39.1. The van der Waals surface area contributed by atoms with Crippen molar-refractivity contribution in [2.24, 2.45) is 0 Å². The highest BCUT2D eigenvalue weighted by molar-refractivity contribution is 7.14. The van der Waals surface area contributed by atoms with Crippen molar-refractivity contribution in [2.75, 3.05) is 16.0 Å². The van der Waals surface area contributed by atoms with Gasteiger partial charge in [0.25, 0.3) is 0 Å². The van der Waals surface area contributed by atoms with Gasteiger partial charge in [0.2, 0.25) is 5.91 Å². The lowest BCUT2D eigenvalue weighted by Gasteiger charge is -2.13. The molecule has 0 atom stereocenters. The molecule has 3 N–H and O–H groups in total. The third kappa shape index (κ3) is 5.80. The molecule has 0 unspecified atom stereocenters. The molecule has 10 heteroatoms. The van der Waals surface area contributed by atoms with Gasteiger partial charge in [-0.25, -0.2) is 9.78 Å². The number of aryl methyl sites for hydroxylation is 1. The number of alkyl halides is 3. The second-order valence-corrected chi connectivity index (χ2v) is 7.22. The van der Waals surface area contributed by atoms with Gasteiger partial charge in [-0.05, 0) is 31.2 Å². The predicted molar refractivity (Wildman–Crippen MR) is 110 cm³/mol. The maximum atomic E-state index is 13.0. The van der Waals surface area contributed by atoms with Crippen molar-refractivity contribution in [3.05, 3.63) is 70.7 Å². The minimum atomic E-state index is -4.58. The minimum Gasteiger partial charge on any atom is -0.325 e. The van der Waals surface area contributed by atoms with E-state index in [4.69, 9.17) is 0 Å². The number of carbonyl (C=O) groups excluding carboxylic acids is 2. The van der Waals surface area contributed by atoms with E-state index in [2.05, 4.69) is 20.9 Å². The maximum Gasteiger partial charge on any atom is 0.418 e. The summed E-state index contributed by atoms with van der Waals surface area (Å²) in [5.74, 6) is -0.646. The number of halogens is 3. The first-order valence-electron chi connectivity index (χ1n) is 8.76. The molecule has 30 heavy (non-hydrogen) atoms. The van der Waals surface area contributed by atoms with Crippen LogP contribution >= 0.6 is 11.3 Å². The summed E-state index contributed by atoms with van der Waals surface area (Å²) in [7, 11) is 0. The highest BCUT2D eigenvalue weighted by Crippen LogP contribution is 2.34. The van der Waals surface area contributed by atoms with E-state index < -0.39 is 23.7 Å². The van der Waals surface area contributed by atoms with Crippen molar-refractivity contribution in [1.29, 1.82) is 0 Å². The summed E-state index contributed by atoms with van der Waals surface area (Å²) in [6.45, 7) is 1.93. The third-order valence-electron chi connectivity index (χ3n) is 3.93. The molecule has 0 spiro atoms. The number of aromatic nitrogens is 1. The van der Waals surface area contributed by atoms with Gasteiger partial charge in [-0.2, -0.15) is 13.2 Å². The third-order valence-corrected chi connectivity index (χ3v) is 4.74. The second kappa shape index (κ2) is 8.95. The Hall–Kier alpha value is -3.40. The first kappa shape index (κ1) is 21.3. The number of rotatable bonds is 5. The highest BCUT2D eigenvalue weighted by Gasteiger charge is 2.33. The zero-order valence-corrected chi connectivity index (χ0v) is 16.5. The van der Waals surface area contributed by atoms with Crippen molar-refractivity contribution < 1.29 is 22.8 Å². The number of hydrogen-bond acceptors (Lipinski definition) is 4. The topological polar surface area (TPSA) is 83.1 Å². The molecule has 1 heterocycles. The monoisotopic (exact) mass is 434 g/mol. The van der Waals surface area contributed by atoms with E-state index in [1.165, 1.54) is 18.2 Å². The van der Waals surface area contributed by atoms with Crippen LogP contribution in [0.3, 0.4) is 0 Å². The van der Waals surface area contributed by atoms with Gasteiger partial charge in [0.15, 0.2) is 5.13 Å². The number of nitrogens with one attached hydrogen (secondary N) is 3. The minimum absolute atomic E-state index is 0.232. The zero-order valence-electron chi connectivity index (χ0n) is 15.7. The number of para-hydroxylation sites is 1. The van der Waals surface area contributed by atoms with Gasteiger partial charge in [-0.1, -0.05) is 29.8 Å². The largest absolute Gasteiger partial charge is 0.418 e. The number of anilines is 3. The van der Waals surface area contributed by atoms with Gasteiger partial charge in [0.1, 0.15) is 0 Å². The molecular formula is C20H17F3N4O2S. The molecule has 2 aromatic carbocycles. The second-order valence-electron chi connectivity index (χ2n) is 6.36. The molecule has 1 aromatic heterocycles. The summed E-state index contributed by atoms with van der Waals surface area (Å²) in [6.07, 6.45) is -4.81. The normalized spacial score (nSPS) is 11.1. The number of thiazole rings is 1. The Balaban J connectivity index is 1.57. The van der Waals surface area contributed by atoms with E-state index >= 15 is 0 Å².